The second kappa shape index (κ2) is 7.71. The van der Waals surface area contributed by atoms with Gasteiger partial charge < -0.3 is 10.1 Å². The van der Waals surface area contributed by atoms with E-state index in [1.165, 1.54) is 0 Å². The van der Waals surface area contributed by atoms with Crippen LogP contribution in [0.15, 0.2) is 42.6 Å². The Kier molecular flexibility index (Phi) is 5.19. The Hall–Kier alpha value is -2.71. The van der Waals surface area contributed by atoms with E-state index in [2.05, 4.69) is 16.4 Å². The quantitative estimate of drug-likeness (QED) is 0.919. The molecule has 2 heterocycles. The number of rotatable bonds is 5. The third-order valence-corrected chi connectivity index (χ3v) is 4.19. The number of nitrogens with one attached hydrogen (secondary N) is 1. The van der Waals surface area contributed by atoms with Gasteiger partial charge >= 0.3 is 0 Å². The highest BCUT2D eigenvalue weighted by Gasteiger charge is 2.16. The lowest BCUT2D eigenvalue weighted by Gasteiger charge is -2.10. The standard InChI is InChI=1S/C19H19N3O2/c20-12-17-5-2-8-21-18(17)15-3-1-4-16(11-15)19(23)22-9-6-14-7-10-24-13-14/h1-5,8,11,14H,6-7,9-10,13H2,(H,22,23). The minimum absolute atomic E-state index is 0.106. The summed E-state index contributed by atoms with van der Waals surface area (Å²) in [5.74, 6) is 0.438. The number of nitriles is 1. The summed E-state index contributed by atoms with van der Waals surface area (Å²) in [6.07, 6.45) is 3.65. The molecule has 1 atom stereocenters. The van der Waals surface area contributed by atoms with Crippen molar-refractivity contribution in [1.82, 2.24) is 10.3 Å². The summed E-state index contributed by atoms with van der Waals surface area (Å²) in [5, 5.41) is 12.2. The van der Waals surface area contributed by atoms with E-state index in [0.29, 0.717) is 29.3 Å². The zero-order valence-corrected chi connectivity index (χ0v) is 13.4. The van der Waals surface area contributed by atoms with Gasteiger partial charge in [-0.1, -0.05) is 12.1 Å². The number of nitrogens with zero attached hydrogens (tertiary/aromatic N) is 2. The zero-order valence-electron chi connectivity index (χ0n) is 13.4. The zero-order chi connectivity index (χ0) is 16.8. The van der Waals surface area contributed by atoms with Crippen molar-refractivity contribution in [2.45, 2.75) is 12.8 Å². The Bertz CT molecular complexity index is 761. The predicted molar refractivity (Wildman–Crippen MR) is 90.3 cm³/mol. The van der Waals surface area contributed by atoms with Crippen LogP contribution in [0, 0.1) is 17.2 Å². The highest BCUT2D eigenvalue weighted by molar-refractivity contribution is 5.95. The number of pyridine rings is 1. The van der Waals surface area contributed by atoms with Crippen LogP contribution in [0.5, 0.6) is 0 Å². The molecule has 5 heteroatoms. The van der Waals surface area contributed by atoms with Crippen molar-refractivity contribution in [3.05, 3.63) is 53.7 Å². The largest absolute Gasteiger partial charge is 0.381 e. The maximum Gasteiger partial charge on any atom is 0.251 e. The number of ether oxygens (including phenoxy) is 1. The lowest BCUT2D eigenvalue weighted by atomic mass is 10.0. The molecule has 1 aromatic carbocycles. The number of aromatic nitrogens is 1. The Morgan fingerprint density at radius 2 is 2.29 bits per heavy atom. The number of carbonyl (C=O) groups excluding carboxylic acids is 1. The number of hydrogen-bond donors (Lipinski definition) is 1. The molecule has 5 nitrogen and oxygen atoms in total. The summed E-state index contributed by atoms with van der Waals surface area (Å²) < 4.78 is 5.34. The lowest BCUT2D eigenvalue weighted by Crippen LogP contribution is -2.26. The van der Waals surface area contributed by atoms with E-state index >= 15 is 0 Å². The molecule has 1 aromatic heterocycles. The summed E-state index contributed by atoms with van der Waals surface area (Å²) in [4.78, 5) is 16.6. The molecule has 0 radical (unpaired) electrons. The Balaban J connectivity index is 1.68. The van der Waals surface area contributed by atoms with Crippen molar-refractivity contribution in [1.29, 1.82) is 5.26 Å². The Morgan fingerprint density at radius 1 is 1.38 bits per heavy atom. The minimum atomic E-state index is -0.106. The van der Waals surface area contributed by atoms with Gasteiger partial charge in [0.05, 0.1) is 11.3 Å². The van der Waals surface area contributed by atoms with Gasteiger partial charge in [0.25, 0.3) is 5.91 Å². The molecule has 122 valence electrons. The van der Waals surface area contributed by atoms with Crippen molar-refractivity contribution in [2.24, 2.45) is 5.92 Å². The molecule has 1 aliphatic heterocycles. The van der Waals surface area contributed by atoms with Gasteiger partial charge in [-0.2, -0.15) is 5.26 Å². The molecular formula is C19H19N3O2. The highest BCUT2D eigenvalue weighted by atomic mass is 16.5. The average Bonchev–Trinajstić information content (AvgIpc) is 3.15. The summed E-state index contributed by atoms with van der Waals surface area (Å²) >= 11 is 0. The minimum Gasteiger partial charge on any atom is -0.381 e. The summed E-state index contributed by atoms with van der Waals surface area (Å²) in [6.45, 7) is 2.26. The smallest absolute Gasteiger partial charge is 0.251 e. The van der Waals surface area contributed by atoms with E-state index in [-0.39, 0.29) is 5.91 Å². The summed E-state index contributed by atoms with van der Waals surface area (Å²) in [6, 6.07) is 12.8. The normalized spacial score (nSPS) is 16.5. The van der Waals surface area contributed by atoms with Crippen molar-refractivity contribution >= 4 is 5.91 Å². The first-order chi connectivity index (χ1) is 11.8. The van der Waals surface area contributed by atoms with Crippen LogP contribution in [0.4, 0.5) is 0 Å². The van der Waals surface area contributed by atoms with Gasteiger partial charge in [-0.25, -0.2) is 0 Å². The second-order valence-corrected chi connectivity index (χ2v) is 5.87. The topological polar surface area (TPSA) is 75.0 Å². The molecule has 0 bridgehead atoms. The lowest BCUT2D eigenvalue weighted by molar-refractivity contribution is 0.0950. The van der Waals surface area contributed by atoms with Gasteiger partial charge in [0.2, 0.25) is 0 Å². The van der Waals surface area contributed by atoms with Crippen molar-refractivity contribution in [2.75, 3.05) is 19.8 Å². The van der Waals surface area contributed by atoms with Crippen molar-refractivity contribution in [3.63, 3.8) is 0 Å². The van der Waals surface area contributed by atoms with Crippen LogP contribution < -0.4 is 5.32 Å². The molecule has 1 N–H and O–H groups in total. The van der Waals surface area contributed by atoms with Gasteiger partial charge in [-0.05, 0) is 43.0 Å². The predicted octanol–water partition coefficient (Wildman–Crippen LogP) is 2.78. The molecular weight excluding hydrogens is 302 g/mol. The van der Waals surface area contributed by atoms with E-state index in [9.17, 15) is 10.1 Å². The fourth-order valence-electron chi connectivity index (χ4n) is 2.84. The second-order valence-electron chi connectivity index (χ2n) is 5.87. The van der Waals surface area contributed by atoms with Crippen LogP contribution in [0.2, 0.25) is 0 Å². The van der Waals surface area contributed by atoms with Gasteiger partial charge in [-0.3, -0.25) is 9.78 Å². The molecule has 1 fully saturated rings. The summed E-state index contributed by atoms with van der Waals surface area (Å²) in [5.41, 5.74) is 2.43. The first-order valence-electron chi connectivity index (χ1n) is 8.09. The van der Waals surface area contributed by atoms with Gasteiger partial charge in [-0.15, -0.1) is 0 Å². The van der Waals surface area contributed by atoms with E-state index < -0.39 is 0 Å². The van der Waals surface area contributed by atoms with E-state index in [4.69, 9.17) is 4.74 Å². The van der Waals surface area contributed by atoms with Crippen molar-refractivity contribution in [3.8, 4) is 17.3 Å². The summed E-state index contributed by atoms with van der Waals surface area (Å²) in [7, 11) is 0. The maximum absolute atomic E-state index is 12.3. The molecule has 1 unspecified atom stereocenters. The van der Waals surface area contributed by atoms with Crippen LogP contribution in [-0.2, 0) is 4.74 Å². The van der Waals surface area contributed by atoms with Gasteiger partial charge in [0.15, 0.2) is 0 Å². The van der Waals surface area contributed by atoms with Crippen molar-refractivity contribution < 1.29 is 9.53 Å². The van der Waals surface area contributed by atoms with Crippen LogP contribution in [0.25, 0.3) is 11.3 Å². The van der Waals surface area contributed by atoms with E-state index in [0.717, 1.165) is 31.6 Å². The SMILES string of the molecule is N#Cc1cccnc1-c1cccc(C(=O)NCCC2CCOC2)c1. The fraction of sp³-hybridized carbons (Fsp3) is 0.316. The Morgan fingerprint density at radius 3 is 3.08 bits per heavy atom. The molecule has 3 rings (SSSR count). The third kappa shape index (κ3) is 3.79. The molecule has 1 aliphatic rings. The molecule has 24 heavy (non-hydrogen) atoms. The van der Waals surface area contributed by atoms with Gasteiger partial charge in [0, 0.05) is 37.1 Å². The molecule has 1 saturated heterocycles. The number of hydrogen-bond acceptors (Lipinski definition) is 4. The molecule has 0 saturated carbocycles. The van der Waals surface area contributed by atoms with Gasteiger partial charge in [0.1, 0.15) is 6.07 Å². The van der Waals surface area contributed by atoms with Crippen LogP contribution in [-0.4, -0.2) is 30.6 Å². The molecule has 2 aromatic rings. The van der Waals surface area contributed by atoms with Crippen LogP contribution in [0.1, 0.15) is 28.8 Å². The van der Waals surface area contributed by atoms with Crippen LogP contribution in [0.3, 0.4) is 0 Å². The number of amides is 1. The third-order valence-electron chi connectivity index (χ3n) is 4.19. The Labute approximate surface area is 141 Å². The number of carbonyl (C=O) groups is 1. The number of benzene rings is 1. The fourth-order valence-corrected chi connectivity index (χ4v) is 2.84. The highest BCUT2D eigenvalue weighted by Crippen LogP contribution is 2.21. The average molecular weight is 321 g/mol. The maximum atomic E-state index is 12.3. The van der Waals surface area contributed by atoms with E-state index in [1.807, 2.05) is 12.1 Å². The molecule has 0 aliphatic carbocycles. The monoisotopic (exact) mass is 321 g/mol. The van der Waals surface area contributed by atoms with E-state index in [1.54, 1.807) is 30.5 Å². The molecule has 0 spiro atoms. The first kappa shape index (κ1) is 16.2. The molecule has 1 amide bonds. The first-order valence-corrected chi connectivity index (χ1v) is 8.09. The van der Waals surface area contributed by atoms with Crippen LogP contribution >= 0.6 is 0 Å².